The Morgan fingerprint density at radius 1 is 0.537 bits per heavy atom. The molecule has 41 heavy (non-hydrogen) atoms. The molecule has 1 aromatic heterocycles. The highest BCUT2D eigenvalue weighted by atomic mass is 15.0. The van der Waals surface area contributed by atoms with Crippen molar-refractivity contribution in [3.63, 3.8) is 0 Å². The van der Waals surface area contributed by atoms with E-state index in [0.717, 1.165) is 6.54 Å². The first-order valence-corrected chi connectivity index (χ1v) is 15.3. The zero-order chi connectivity index (χ0) is 27.8. The average molecular weight is 532 g/mol. The van der Waals surface area contributed by atoms with Gasteiger partial charge in [-0.15, -0.1) is 0 Å². The summed E-state index contributed by atoms with van der Waals surface area (Å²) in [5, 5.41) is 7.87. The Morgan fingerprint density at radius 3 is 1.56 bits per heavy atom. The van der Waals surface area contributed by atoms with Gasteiger partial charge in [-0.1, -0.05) is 130 Å². The quantitative estimate of drug-likeness (QED) is 0.184. The maximum absolute atomic E-state index is 2.61. The molecule has 0 spiro atoms. The lowest BCUT2D eigenvalue weighted by Crippen LogP contribution is -2.10. The first kappa shape index (κ1) is 25.6. The molecule has 0 fully saturated rings. The molecule has 0 amide bonds. The molecule has 1 heterocycles. The van der Waals surface area contributed by atoms with Gasteiger partial charge in [-0.3, -0.25) is 0 Å². The molecule has 0 aliphatic carbocycles. The van der Waals surface area contributed by atoms with E-state index < -0.39 is 0 Å². The van der Waals surface area contributed by atoms with Crippen molar-refractivity contribution in [2.75, 3.05) is 0 Å². The fourth-order valence-electron chi connectivity index (χ4n) is 6.77. The van der Waals surface area contributed by atoms with Gasteiger partial charge in [0, 0.05) is 28.4 Å². The van der Waals surface area contributed by atoms with Gasteiger partial charge in [0.05, 0.1) is 0 Å². The van der Waals surface area contributed by atoms with Crippen molar-refractivity contribution < 1.29 is 0 Å². The zero-order valence-electron chi connectivity index (χ0n) is 24.1. The van der Waals surface area contributed by atoms with E-state index in [2.05, 4.69) is 140 Å². The van der Waals surface area contributed by atoms with Crippen LogP contribution < -0.4 is 0 Å². The van der Waals surface area contributed by atoms with Crippen LogP contribution in [-0.4, -0.2) is 4.57 Å². The van der Waals surface area contributed by atoms with E-state index in [1.165, 1.54) is 91.3 Å². The lowest BCUT2D eigenvalue weighted by molar-refractivity contribution is 0.401. The fraction of sp³-hybridized carbons (Fsp3) is 0.200. The Labute approximate surface area is 243 Å². The second kappa shape index (κ2) is 10.9. The molecule has 0 saturated carbocycles. The van der Waals surface area contributed by atoms with Gasteiger partial charge in [-0.25, -0.2) is 0 Å². The van der Waals surface area contributed by atoms with Crippen LogP contribution in [-0.2, 0) is 6.54 Å². The predicted octanol–water partition coefficient (Wildman–Crippen LogP) is 11.7. The molecule has 0 aliphatic rings. The molecule has 7 aromatic rings. The molecule has 1 atom stereocenters. The normalized spacial score (nSPS) is 12.5. The molecule has 1 unspecified atom stereocenters. The minimum absolute atomic E-state index is 0.684. The summed E-state index contributed by atoms with van der Waals surface area (Å²) in [6.45, 7) is 5.72. The number of hydrogen-bond acceptors (Lipinski definition) is 0. The third-order valence-corrected chi connectivity index (χ3v) is 9.05. The number of benzene rings is 6. The molecule has 6 aromatic carbocycles. The number of hydrogen-bond donors (Lipinski definition) is 0. The van der Waals surface area contributed by atoms with Crippen molar-refractivity contribution in [3.8, 4) is 22.3 Å². The molecule has 0 N–H and O–H groups in total. The Kier molecular flexibility index (Phi) is 6.80. The predicted molar refractivity (Wildman–Crippen MR) is 179 cm³/mol. The highest BCUT2D eigenvalue weighted by molar-refractivity contribution is 6.12. The molecule has 7 rings (SSSR count). The van der Waals surface area contributed by atoms with Gasteiger partial charge >= 0.3 is 0 Å². The smallest absolute Gasteiger partial charge is 0.0491 e. The van der Waals surface area contributed by atoms with Crippen LogP contribution in [0.2, 0.25) is 0 Å². The number of nitrogens with zero attached hydrogens (tertiary/aromatic N) is 1. The van der Waals surface area contributed by atoms with Crippen molar-refractivity contribution >= 4 is 43.4 Å². The van der Waals surface area contributed by atoms with Gasteiger partial charge in [-0.05, 0) is 80.4 Å². The first-order chi connectivity index (χ1) is 20.2. The minimum Gasteiger partial charge on any atom is -0.340 e. The van der Waals surface area contributed by atoms with Gasteiger partial charge in [0.2, 0.25) is 0 Å². The van der Waals surface area contributed by atoms with E-state index in [-0.39, 0.29) is 0 Å². The van der Waals surface area contributed by atoms with Crippen LogP contribution in [0.3, 0.4) is 0 Å². The zero-order valence-corrected chi connectivity index (χ0v) is 24.1. The van der Waals surface area contributed by atoms with Gasteiger partial charge in [0.1, 0.15) is 0 Å². The molecule has 0 bridgehead atoms. The minimum atomic E-state index is 0.684. The maximum atomic E-state index is 2.61. The Hall–Kier alpha value is -4.36. The van der Waals surface area contributed by atoms with E-state index >= 15 is 0 Å². The van der Waals surface area contributed by atoms with Crippen LogP contribution in [0.4, 0.5) is 0 Å². The molecule has 202 valence electrons. The van der Waals surface area contributed by atoms with Crippen molar-refractivity contribution in [1.82, 2.24) is 4.57 Å². The van der Waals surface area contributed by atoms with Gasteiger partial charge < -0.3 is 4.57 Å². The standard InChI is InChI=1S/C40H37N/c1-3-5-12-28(4-2)27-41-39-23-21-31(35-19-10-15-29-13-6-8-17-33(29)35)25-37(39)38-26-32(22-24-40(38)41)36-20-11-16-30-14-7-9-18-34(30)36/h6-11,13-26,28H,3-5,12,27H2,1-2H3. The van der Waals surface area contributed by atoms with E-state index in [0.29, 0.717) is 5.92 Å². The van der Waals surface area contributed by atoms with E-state index in [1.807, 2.05) is 0 Å². The van der Waals surface area contributed by atoms with Crippen molar-refractivity contribution in [3.05, 3.63) is 121 Å². The van der Waals surface area contributed by atoms with Gasteiger partial charge in [0.25, 0.3) is 0 Å². The third kappa shape index (κ3) is 4.60. The van der Waals surface area contributed by atoms with Crippen LogP contribution >= 0.6 is 0 Å². The molecule has 1 nitrogen and oxygen atoms in total. The summed E-state index contributed by atoms with van der Waals surface area (Å²) in [5.74, 6) is 0.684. The second-order valence-electron chi connectivity index (χ2n) is 11.5. The van der Waals surface area contributed by atoms with Crippen molar-refractivity contribution in [1.29, 1.82) is 0 Å². The highest BCUT2D eigenvalue weighted by Crippen LogP contribution is 2.39. The highest BCUT2D eigenvalue weighted by Gasteiger charge is 2.17. The van der Waals surface area contributed by atoms with Crippen molar-refractivity contribution in [2.45, 2.75) is 46.1 Å². The third-order valence-electron chi connectivity index (χ3n) is 9.05. The largest absolute Gasteiger partial charge is 0.340 e. The summed E-state index contributed by atoms with van der Waals surface area (Å²) in [6, 6.07) is 45.1. The Bertz CT molecular complexity index is 1860. The maximum Gasteiger partial charge on any atom is 0.0491 e. The van der Waals surface area contributed by atoms with Crippen LogP contribution in [0, 0.1) is 5.92 Å². The fourth-order valence-corrected chi connectivity index (χ4v) is 6.77. The molecular formula is C40H37N. The molecule has 0 radical (unpaired) electrons. The summed E-state index contributed by atoms with van der Waals surface area (Å²) in [7, 11) is 0. The summed E-state index contributed by atoms with van der Waals surface area (Å²) >= 11 is 0. The molecule has 0 aliphatic heterocycles. The summed E-state index contributed by atoms with van der Waals surface area (Å²) in [5.41, 5.74) is 7.84. The molecule has 1 heteroatoms. The summed E-state index contributed by atoms with van der Waals surface area (Å²) in [6.07, 6.45) is 5.05. The number of rotatable bonds is 8. The van der Waals surface area contributed by atoms with Crippen LogP contribution in [0.25, 0.3) is 65.6 Å². The molecular weight excluding hydrogens is 494 g/mol. The topological polar surface area (TPSA) is 4.93 Å². The average Bonchev–Trinajstić information content (AvgIpc) is 3.34. The van der Waals surface area contributed by atoms with Gasteiger partial charge in [-0.2, -0.15) is 0 Å². The lowest BCUT2D eigenvalue weighted by Gasteiger charge is -2.17. The van der Waals surface area contributed by atoms with Crippen molar-refractivity contribution in [2.24, 2.45) is 5.92 Å². The first-order valence-electron chi connectivity index (χ1n) is 15.3. The van der Waals surface area contributed by atoms with Crippen LogP contribution in [0.1, 0.15) is 39.5 Å². The Morgan fingerprint density at radius 2 is 1.05 bits per heavy atom. The number of fused-ring (bicyclic) bond motifs is 5. The summed E-state index contributed by atoms with van der Waals surface area (Å²) < 4.78 is 2.61. The van der Waals surface area contributed by atoms with Crippen LogP contribution in [0.5, 0.6) is 0 Å². The monoisotopic (exact) mass is 531 g/mol. The van der Waals surface area contributed by atoms with E-state index in [9.17, 15) is 0 Å². The molecule has 0 saturated heterocycles. The number of aromatic nitrogens is 1. The second-order valence-corrected chi connectivity index (χ2v) is 11.5. The number of unbranched alkanes of at least 4 members (excludes halogenated alkanes) is 1. The Balaban J connectivity index is 1.46. The van der Waals surface area contributed by atoms with E-state index in [4.69, 9.17) is 0 Å². The SMILES string of the molecule is CCCCC(CC)Cn1c2ccc(-c3cccc4ccccc34)cc2c2cc(-c3cccc4ccccc34)ccc21. The van der Waals surface area contributed by atoms with Crippen LogP contribution in [0.15, 0.2) is 121 Å². The van der Waals surface area contributed by atoms with E-state index in [1.54, 1.807) is 0 Å². The van der Waals surface area contributed by atoms with Gasteiger partial charge in [0.15, 0.2) is 0 Å². The lowest BCUT2D eigenvalue weighted by atomic mass is 9.95. The summed E-state index contributed by atoms with van der Waals surface area (Å²) in [4.78, 5) is 0.